The summed E-state index contributed by atoms with van der Waals surface area (Å²) in [7, 11) is 0. The lowest BCUT2D eigenvalue weighted by molar-refractivity contribution is 0.577. The second-order valence-electron chi connectivity index (χ2n) is 4.23. The van der Waals surface area contributed by atoms with Gasteiger partial charge in [0.1, 0.15) is 11.3 Å². The van der Waals surface area contributed by atoms with Crippen LogP contribution in [-0.4, -0.2) is 0 Å². The van der Waals surface area contributed by atoms with E-state index < -0.39 is 0 Å². The molecule has 0 N–H and O–H groups in total. The predicted molar refractivity (Wildman–Crippen MR) is 73.2 cm³/mol. The molecule has 1 aromatic heterocycles. The van der Waals surface area contributed by atoms with E-state index in [4.69, 9.17) is 4.42 Å². The minimum absolute atomic E-state index is 0.967. The first kappa shape index (κ1) is 10.2. The van der Waals surface area contributed by atoms with Crippen molar-refractivity contribution in [1.29, 1.82) is 0 Å². The molecule has 0 aliphatic rings. The van der Waals surface area contributed by atoms with Gasteiger partial charge >= 0.3 is 0 Å². The lowest BCUT2D eigenvalue weighted by Crippen LogP contribution is -1.76. The van der Waals surface area contributed by atoms with Crippen molar-refractivity contribution in [3.05, 3.63) is 53.8 Å². The lowest BCUT2D eigenvalue weighted by Gasteiger charge is -1.99. The van der Waals surface area contributed by atoms with Crippen LogP contribution in [-0.2, 0) is 0 Å². The van der Waals surface area contributed by atoms with E-state index in [0.717, 1.165) is 11.3 Å². The number of furan rings is 1. The summed E-state index contributed by atoms with van der Waals surface area (Å²) in [4.78, 5) is 0. The van der Waals surface area contributed by atoms with Crippen LogP contribution in [0.25, 0.3) is 27.8 Å². The van der Waals surface area contributed by atoms with Crippen LogP contribution in [0.1, 0.15) is 18.2 Å². The second kappa shape index (κ2) is 3.77. The van der Waals surface area contributed by atoms with Gasteiger partial charge in [-0.1, -0.05) is 42.5 Å². The molecule has 1 nitrogen and oxygen atoms in total. The van der Waals surface area contributed by atoms with Gasteiger partial charge in [-0.2, -0.15) is 0 Å². The molecule has 0 fully saturated rings. The van der Waals surface area contributed by atoms with Gasteiger partial charge in [0, 0.05) is 10.9 Å². The summed E-state index contributed by atoms with van der Waals surface area (Å²) >= 11 is 0. The van der Waals surface area contributed by atoms with Gasteiger partial charge in [0.25, 0.3) is 0 Å². The molecule has 2 aromatic carbocycles. The molecule has 0 atom stereocenters. The molecule has 0 saturated carbocycles. The Morgan fingerprint density at radius 2 is 1.88 bits per heavy atom. The highest BCUT2D eigenvalue weighted by Crippen LogP contribution is 2.33. The average molecular weight is 222 g/mol. The Morgan fingerprint density at radius 1 is 1.06 bits per heavy atom. The van der Waals surface area contributed by atoms with Gasteiger partial charge in [0.2, 0.25) is 0 Å². The molecular weight excluding hydrogens is 208 g/mol. The molecule has 0 aliphatic heterocycles. The molecular formula is C16H14O. The monoisotopic (exact) mass is 222 g/mol. The van der Waals surface area contributed by atoms with Gasteiger partial charge in [-0.15, -0.1) is 0 Å². The number of benzene rings is 2. The Hall–Kier alpha value is -2.02. The van der Waals surface area contributed by atoms with E-state index in [-0.39, 0.29) is 0 Å². The number of fused-ring (bicyclic) bond motifs is 3. The predicted octanol–water partition coefficient (Wildman–Crippen LogP) is 4.93. The maximum atomic E-state index is 5.81. The molecule has 0 bridgehead atoms. The number of rotatable bonds is 1. The minimum Gasteiger partial charge on any atom is -0.461 e. The molecule has 17 heavy (non-hydrogen) atoms. The third kappa shape index (κ3) is 1.47. The minimum atomic E-state index is 0.967. The highest BCUT2D eigenvalue weighted by atomic mass is 16.3. The third-order valence-corrected chi connectivity index (χ3v) is 3.14. The normalized spacial score (nSPS) is 11.9. The molecule has 3 aromatic rings. The first-order valence-corrected chi connectivity index (χ1v) is 5.85. The van der Waals surface area contributed by atoms with E-state index in [1.807, 2.05) is 13.8 Å². The van der Waals surface area contributed by atoms with Crippen molar-refractivity contribution in [3.8, 4) is 0 Å². The van der Waals surface area contributed by atoms with Crippen LogP contribution in [0.2, 0.25) is 0 Å². The molecule has 0 saturated heterocycles. The van der Waals surface area contributed by atoms with Crippen LogP contribution < -0.4 is 0 Å². The van der Waals surface area contributed by atoms with Crippen LogP contribution in [0.5, 0.6) is 0 Å². The highest BCUT2D eigenvalue weighted by Gasteiger charge is 2.10. The quantitative estimate of drug-likeness (QED) is 0.569. The molecule has 0 amide bonds. The van der Waals surface area contributed by atoms with Crippen LogP contribution >= 0.6 is 0 Å². The molecule has 84 valence electrons. The van der Waals surface area contributed by atoms with Crippen molar-refractivity contribution < 1.29 is 4.42 Å². The van der Waals surface area contributed by atoms with E-state index in [2.05, 4.69) is 48.6 Å². The topological polar surface area (TPSA) is 13.1 Å². The summed E-state index contributed by atoms with van der Waals surface area (Å²) in [6.45, 7) is 4.05. The van der Waals surface area contributed by atoms with Crippen LogP contribution in [0, 0.1) is 6.92 Å². The molecule has 0 radical (unpaired) electrons. The number of allylic oxidation sites excluding steroid dienone is 1. The van der Waals surface area contributed by atoms with Gasteiger partial charge in [0.05, 0.1) is 0 Å². The maximum Gasteiger partial charge on any atom is 0.135 e. The number of aryl methyl sites for hydroxylation is 1. The van der Waals surface area contributed by atoms with Crippen molar-refractivity contribution in [1.82, 2.24) is 0 Å². The van der Waals surface area contributed by atoms with E-state index in [0.29, 0.717) is 0 Å². The first-order valence-electron chi connectivity index (χ1n) is 5.85. The average Bonchev–Trinajstić information content (AvgIpc) is 2.67. The summed E-state index contributed by atoms with van der Waals surface area (Å²) in [5.74, 6) is 0.981. The summed E-state index contributed by atoms with van der Waals surface area (Å²) < 4.78 is 5.81. The van der Waals surface area contributed by atoms with Crippen molar-refractivity contribution in [2.75, 3.05) is 0 Å². The molecule has 3 rings (SSSR count). The van der Waals surface area contributed by atoms with Crippen molar-refractivity contribution in [2.24, 2.45) is 0 Å². The smallest absolute Gasteiger partial charge is 0.135 e. The second-order valence-corrected chi connectivity index (χ2v) is 4.23. The van der Waals surface area contributed by atoms with Crippen molar-refractivity contribution in [2.45, 2.75) is 13.8 Å². The number of hydrogen-bond donors (Lipinski definition) is 0. The largest absolute Gasteiger partial charge is 0.461 e. The van der Waals surface area contributed by atoms with Gasteiger partial charge in [-0.25, -0.2) is 0 Å². The highest BCUT2D eigenvalue weighted by molar-refractivity contribution is 6.10. The fourth-order valence-corrected chi connectivity index (χ4v) is 2.38. The van der Waals surface area contributed by atoms with Crippen molar-refractivity contribution in [3.63, 3.8) is 0 Å². The van der Waals surface area contributed by atoms with Gasteiger partial charge < -0.3 is 4.42 Å². The van der Waals surface area contributed by atoms with Gasteiger partial charge in [0.15, 0.2) is 0 Å². The van der Waals surface area contributed by atoms with Crippen LogP contribution in [0.4, 0.5) is 0 Å². The Kier molecular flexibility index (Phi) is 2.25. The van der Waals surface area contributed by atoms with Crippen LogP contribution in [0.15, 0.2) is 46.9 Å². The Bertz CT molecular complexity index is 717. The van der Waals surface area contributed by atoms with Gasteiger partial charge in [-0.05, 0) is 30.7 Å². The standard InChI is InChI=1S/C16H14O/c1-3-6-13-11(2)17-15-10-9-12-7-4-5-8-14(12)16(13)15/h3-10H,1-2H3/b6-3-. The van der Waals surface area contributed by atoms with E-state index in [1.165, 1.54) is 21.7 Å². The fraction of sp³-hybridized carbons (Fsp3) is 0.125. The Morgan fingerprint density at radius 3 is 2.71 bits per heavy atom. The molecule has 0 aliphatic carbocycles. The molecule has 0 spiro atoms. The van der Waals surface area contributed by atoms with E-state index in [9.17, 15) is 0 Å². The van der Waals surface area contributed by atoms with E-state index >= 15 is 0 Å². The zero-order chi connectivity index (χ0) is 11.8. The maximum absolute atomic E-state index is 5.81. The van der Waals surface area contributed by atoms with Crippen LogP contribution in [0.3, 0.4) is 0 Å². The summed E-state index contributed by atoms with van der Waals surface area (Å²) in [5, 5.41) is 3.74. The van der Waals surface area contributed by atoms with E-state index in [1.54, 1.807) is 0 Å². The Labute approximate surface area is 100 Å². The third-order valence-electron chi connectivity index (χ3n) is 3.14. The lowest BCUT2D eigenvalue weighted by atomic mass is 10.0. The Balaban J connectivity index is 2.55. The summed E-state index contributed by atoms with van der Waals surface area (Å²) in [6.07, 6.45) is 4.17. The number of hydrogen-bond acceptors (Lipinski definition) is 1. The summed E-state index contributed by atoms with van der Waals surface area (Å²) in [5.41, 5.74) is 2.16. The SMILES string of the molecule is C/C=C\c1c(C)oc2ccc3ccccc3c12. The first-order chi connectivity index (χ1) is 8.31. The van der Waals surface area contributed by atoms with Gasteiger partial charge in [-0.3, -0.25) is 0 Å². The summed E-state index contributed by atoms with van der Waals surface area (Å²) in [6, 6.07) is 12.6. The molecule has 0 unspecified atom stereocenters. The molecule has 1 heteroatoms. The fourth-order valence-electron chi connectivity index (χ4n) is 2.38. The zero-order valence-corrected chi connectivity index (χ0v) is 10.0. The molecule has 1 heterocycles. The van der Waals surface area contributed by atoms with Crippen molar-refractivity contribution >= 4 is 27.8 Å². The zero-order valence-electron chi connectivity index (χ0n) is 10.0.